The number of carbonyl (C=O) groups is 1. The van der Waals surface area contributed by atoms with E-state index in [1.165, 1.54) is 18.2 Å². The fourth-order valence-corrected chi connectivity index (χ4v) is 3.87. The quantitative estimate of drug-likeness (QED) is 0.594. The van der Waals surface area contributed by atoms with Crippen LogP contribution >= 0.6 is 0 Å². The van der Waals surface area contributed by atoms with Gasteiger partial charge in [0.25, 0.3) is 0 Å². The van der Waals surface area contributed by atoms with Crippen LogP contribution in [0.25, 0.3) is 11.8 Å². The largest absolute Gasteiger partial charge is 0.366 e. The molecule has 1 aliphatic rings. The molecule has 2 heterocycles. The number of rotatable bonds is 4. The summed E-state index contributed by atoms with van der Waals surface area (Å²) < 4.78 is 29.0. The lowest BCUT2D eigenvalue weighted by Crippen LogP contribution is -2.48. The molecule has 1 fully saturated rings. The van der Waals surface area contributed by atoms with Crippen molar-refractivity contribution >= 4 is 17.7 Å². The van der Waals surface area contributed by atoms with Crippen molar-refractivity contribution in [3.05, 3.63) is 83.2 Å². The Morgan fingerprint density at radius 3 is 2.32 bits per heavy atom. The van der Waals surface area contributed by atoms with E-state index in [-0.39, 0.29) is 17.5 Å². The zero-order valence-electron chi connectivity index (χ0n) is 17.6. The van der Waals surface area contributed by atoms with Crippen LogP contribution in [0, 0.1) is 25.5 Å². The molecule has 0 unspecified atom stereocenters. The molecular formula is C24H24F2N4O. The average Bonchev–Trinajstić information content (AvgIpc) is 3.06. The Morgan fingerprint density at radius 2 is 1.65 bits per heavy atom. The highest BCUT2D eigenvalue weighted by atomic mass is 19.1. The van der Waals surface area contributed by atoms with Crippen molar-refractivity contribution in [2.24, 2.45) is 0 Å². The van der Waals surface area contributed by atoms with Gasteiger partial charge in [-0.05, 0) is 56.3 Å². The summed E-state index contributed by atoms with van der Waals surface area (Å²) in [6.07, 6.45) is 3.34. The maximum absolute atomic E-state index is 14.0. The van der Waals surface area contributed by atoms with Crippen LogP contribution in [0.4, 0.5) is 14.5 Å². The number of hydrogen-bond donors (Lipinski definition) is 0. The molecule has 5 nitrogen and oxygen atoms in total. The fourth-order valence-electron chi connectivity index (χ4n) is 3.87. The van der Waals surface area contributed by atoms with Crippen LogP contribution in [0.3, 0.4) is 0 Å². The fraction of sp³-hybridized carbons (Fsp3) is 0.250. The monoisotopic (exact) mass is 422 g/mol. The summed E-state index contributed by atoms with van der Waals surface area (Å²) in [5.74, 6) is -0.626. The van der Waals surface area contributed by atoms with Gasteiger partial charge in [0.15, 0.2) is 0 Å². The molecule has 0 spiro atoms. The van der Waals surface area contributed by atoms with Crippen molar-refractivity contribution in [2.45, 2.75) is 13.8 Å². The van der Waals surface area contributed by atoms with Crippen molar-refractivity contribution < 1.29 is 13.6 Å². The molecule has 0 atom stereocenters. The molecule has 1 aromatic heterocycles. The van der Waals surface area contributed by atoms with Gasteiger partial charge in [-0.2, -0.15) is 5.10 Å². The first-order chi connectivity index (χ1) is 14.9. The van der Waals surface area contributed by atoms with Gasteiger partial charge in [0, 0.05) is 43.5 Å². The van der Waals surface area contributed by atoms with Crippen molar-refractivity contribution in [3.8, 4) is 5.69 Å². The van der Waals surface area contributed by atoms with Crippen molar-refractivity contribution in [1.82, 2.24) is 14.7 Å². The van der Waals surface area contributed by atoms with E-state index in [1.807, 2.05) is 24.8 Å². The molecule has 0 saturated carbocycles. The number of anilines is 1. The van der Waals surface area contributed by atoms with Gasteiger partial charge in [-0.25, -0.2) is 13.5 Å². The number of hydrogen-bond acceptors (Lipinski definition) is 3. The van der Waals surface area contributed by atoms with Gasteiger partial charge in [-0.15, -0.1) is 0 Å². The van der Waals surface area contributed by atoms with Crippen LogP contribution in [0.1, 0.15) is 17.0 Å². The van der Waals surface area contributed by atoms with Crippen molar-refractivity contribution in [3.63, 3.8) is 0 Å². The number of nitrogens with zero attached hydrogens (tertiary/aromatic N) is 4. The third-order valence-electron chi connectivity index (χ3n) is 5.60. The summed E-state index contributed by atoms with van der Waals surface area (Å²) in [7, 11) is 0. The maximum atomic E-state index is 14.0. The summed E-state index contributed by atoms with van der Waals surface area (Å²) in [6.45, 7) is 6.03. The third-order valence-corrected chi connectivity index (χ3v) is 5.60. The smallest absolute Gasteiger partial charge is 0.246 e. The summed E-state index contributed by atoms with van der Waals surface area (Å²) >= 11 is 0. The molecule has 7 heteroatoms. The molecule has 31 heavy (non-hydrogen) atoms. The standard InChI is InChI=1S/C24H24F2N4O/c1-17-21(18(2)30(27-17)20-9-7-19(25)8-10-20)11-12-24(31)29-15-13-28(14-16-29)23-6-4-3-5-22(23)26/h3-12H,13-16H2,1-2H3/b12-11+. The van der Waals surface area contributed by atoms with E-state index in [1.54, 1.807) is 46.0 Å². The van der Waals surface area contributed by atoms with Crippen LogP contribution in [-0.2, 0) is 4.79 Å². The summed E-state index contributed by atoms with van der Waals surface area (Å²) in [4.78, 5) is 16.4. The average molecular weight is 422 g/mol. The van der Waals surface area contributed by atoms with Crippen LogP contribution in [-0.4, -0.2) is 46.8 Å². The van der Waals surface area contributed by atoms with Gasteiger partial charge in [0.2, 0.25) is 5.91 Å². The van der Waals surface area contributed by atoms with Crippen LogP contribution in [0.5, 0.6) is 0 Å². The Balaban J connectivity index is 1.43. The first kappa shape index (κ1) is 20.8. The molecule has 0 radical (unpaired) electrons. The summed E-state index contributed by atoms with van der Waals surface area (Å²) in [6, 6.07) is 12.8. The van der Waals surface area contributed by atoms with Gasteiger partial charge in [0.1, 0.15) is 11.6 Å². The number of benzene rings is 2. The summed E-state index contributed by atoms with van der Waals surface area (Å²) in [5.41, 5.74) is 3.86. The second kappa shape index (κ2) is 8.71. The minimum Gasteiger partial charge on any atom is -0.366 e. The Hall–Kier alpha value is -3.48. The molecule has 0 N–H and O–H groups in total. The van der Waals surface area contributed by atoms with E-state index < -0.39 is 0 Å². The highest BCUT2D eigenvalue weighted by Crippen LogP contribution is 2.22. The lowest BCUT2D eigenvalue weighted by Gasteiger charge is -2.35. The van der Waals surface area contributed by atoms with E-state index in [9.17, 15) is 13.6 Å². The van der Waals surface area contributed by atoms with Crippen molar-refractivity contribution in [1.29, 1.82) is 0 Å². The zero-order chi connectivity index (χ0) is 22.0. The van der Waals surface area contributed by atoms with Crippen LogP contribution in [0.2, 0.25) is 0 Å². The highest BCUT2D eigenvalue weighted by Gasteiger charge is 2.21. The Bertz CT molecular complexity index is 1110. The van der Waals surface area contributed by atoms with E-state index in [4.69, 9.17) is 0 Å². The minimum atomic E-state index is -0.300. The highest BCUT2D eigenvalue weighted by molar-refractivity contribution is 5.92. The molecule has 1 amide bonds. The molecule has 0 aliphatic carbocycles. The lowest BCUT2D eigenvalue weighted by molar-refractivity contribution is -0.126. The number of halogens is 2. The Morgan fingerprint density at radius 1 is 0.968 bits per heavy atom. The number of amides is 1. The number of carbonyl (C=O) groups excluding carboxylic acids is 1. The molecule has 1 aliphatic heterocycles. The lowest BCUT2D eigenvalue weighted by atomic mass is 10.1. The molecule has 4 rings (SSSR count). The zero-order valence-corrected chi connectivity index (χ0v) is 17.6. The molecule has 0 bridgehead atoms. The second-order valence-electron chi connectivity index (χ2n) is 7.57. The van der Waals surface area contributed by atoms with Gasteiger partial charge >= 0.3 is 0 Å². The second-order valence-corrected chi connectivity index (χ2v) is 7.57. The third kappa shape index (κ3) is 4.35. The maximum Gasteiger partial charge on any atom is 0.246 e. The minimum absolute atomic E-state index is 0.0819. The van der Waals surface area contributed by atoms with Crippen LogP contribution < -0.4 is 4.90 Å². The first-order valence-electron chi connectivity index (χ1n) is 10.2. The van der Waals surface area contributed by atoms with E-state index in [0.717, 1.165) is 22.6 Å². The molecular weight excluding hydrogens is 398 g/mol. The molecule has 160 valence electrons. The molecule has 1 saturated heterocycles. The van der Waals surface area contributed by atoms with E-state index in [2.05, 4.69) is 5.10 Å². The van der Waals surface area contributed by atoms with E-state index >= 15 is 0 Å². The first-order valence-corrected chi connectivity index (χ1v) is 10.2. The number of piperazine rings is 1. The SMILES string of the molecule is Cc1nn(-c2ccc(F)cc2)c(C)c1/C=C/C(=O)N1CCN(c2ccccc2F)CC1. The van der Waals surface area contributed by atoms with Gasteiger partial charge < -0.3 is 9.80 Å². The molecule has 2 aromatic carbocycles. The van der Waals surface area contributed by atoms with Gasteiger partial charge in [-0.1, -0.05) is 12.1 Å². The normalized spacial score (nSPS) is 14.5. The summed E-state index contributed by atoms with van der Waals surface area (Å²) in [5, 5.41) is 4.53. The number of para-hydroxylation sites is 1. The van der Waals surface area contributed by atoms with Gasteiger partial charge in [0.05, 0.1) is 17.1 Å². The predicted molar refractivity (Wildman–Crippen MR) is 117 cm³/mol. The van der Waals surface area contributed by atoms with E-state index in [0.29, 0.717) is 31.9 Å². The van der Waals surface area contributed by atoms with Crippen molar-refractivity contribution in [2.75, 3.05) is 31.1 Å². The topological polar surface area (TPSA) is 41.4 Å². The number of aryl methyl sites for hydroxylation is 1. The van der Waals surface area contributed by atoms with Gasteiger partial charge in [-0.3, -0.25) is 4.79 Å². The molecule has 3 aromatic rings. The predicted octanol–water partition coefficient (Wildman–Crippen LogP) is 4.13. The number of aromatic nitrogens is 2. The van der Waals surface area contributed by atoms with Crippen LogP contribution in [0.15, 0.2) is 54.6 Å². The Labute approximate surface area is 180 Å². The Kier molecular flexibility index (Phi) is 5.84.